The molecule has 0 bridgehead atoms. The Morgan fingerprint density at radius 1 is 1.17 bits per heavy atom. The molecule has 0 saturated heterocycles. The van der Waals surface area contributed by atoms with Gasteiger partial charge in [-0.05, 0) is 56.2 Å². The van der Waals surface area contributed by atoms with Crippen molar-refractivity contribution in [3.05, 3.63) is 75.6 Å². The minimum absolute atomic E-state index is 0.178. The van der Waals surface area contributed by atoms with Crippen LogP contribution in [0.5, 0.6) is 11.5 Å². The van der Waals surface area contributed by atoms with Crippen LogP contribution in [-0.4, -0.2) is 24.7 Å². The van der Waals surface area contributed by atoms with E-state index >= 15 is 0 Å². The molecule has 29 heavy (non-hydrogen) atoms. The van der Waals surface area contributed by atoms with E-state index in [2.05, 4.69) is 10.5 Å². The topological polar surface area (TPSA) is 73.6 Å². The summed E-state index contributed by atoms with van der Waals surface area (Å²) in [5.74, 6) is 1.57. The Kier molecular flexibility index (Phi) is 6.77. The van der Waals surface area contributed by atoms with Gasteiger partial charge in [0.05, 0.1) is 18.4 Å². The third-order valence-corrected chi connectivity index (χ3v) is 4.80. The van der Waals surface area contributed by atoms with Crippen LogP contribution >= 0.6 is 11.6 Å². The Labute approximate surface area is 174 Å². The predicted octanol–water partition coefficient (Wildman–Crippen LogP) is 4.50. The molecule has 0 atom stereocenters. The molecule has 0 aliphatic rings. The van der Waals surface area contributed by atoms with E-state index in [0.29, 0.717) is 41.7 Å². The van der Waals surface area contributed by atoms with E-state index in [1.165, 1.54) is 0 Å². The Morgan fingerprint density at radius 2 is 2.00 bits per heavy atom. The van der Waals surface area contributed by atoms with Crippen molar-refractivity contribution in [3.63, 3.8) is 0 Å². The van der Waals surface area contributed by atoms with Gasteiger partial charge in [-0.3, -0.25) is 4.79 Å². The standard InChI is InChI=1S/C22H23ClN2O4/c1-14-19(15(2)29-25-14)13-28-20-8-7-17(12-21(20)27-3)22(26)24-10-9-16-5-4-6-18(23)11-16/h4-8,11-12H,9-10,13H2,1-3H3,(H,24,26). The van der Waals surface area contributed by atoms with Crippen LogP contribution in [0.2, 0.25) is 5.02 Å². The lowest BCUT2D eigenvalue weighted by atomic mass is 10.1. The van der Waals surface area contributed by atoms with Gasteiger partial charge >= 0.3 is 0 Å². The summed E-state index contributed by atoms with van der Waals surface area (Å²) < 4.78 is 16.4. The van der Waals surface area contributed by atoms with Crippen molar-refractivity contribution in [2.24, 2.45) is 0 Å². The van der Waals surface area contributed by atoms with Gasteiger partial charge in [0.15, 0.2) is 11.5 Å². The van der Waals surface area contributed by atoms with E-state index in [0.717, 1.165) is 22.6 Å². The van der Waals surface area contributed by atoms with E-state index in [4.69, 9.17) is 25.6 Å². The fraction of sp³-hybridized carbons (Fsp3) is 0.273. The maximum atomic E-state index is 12.5. The first-order chi connectivity index (χ1) is 14.0. The molecule has 0 spiro atoms. The normalized spacial score (nSPS) is 10.6. The highest BCUT2D eigenvalue weighted by Gasteiger charge is 2.14. The maximum absolute atomic E-state index is 12.5. The Bertz CT molecular complexity index is 981. The van der Waals surface area contributed by atoms with Crippen LogP contribution < -0.4 is 14.8 Å². The highest BCUT2D eigenvalue weighted by atomic mass is 35.5. The lowest BCUT2D eigenvalue weighted by molar-refractivity contribution is 0.0953. The van der Waals surface area contributed by atoms with Crippen molar-refractivity contribution in [3.8, 4) is 11.5 Å². The summed E-state index contributed by atoms with van der Waals surface area (Å²) >= 11 is 5.98. The fourth-order valence-electron chi connectivity index (χ4n) is 2.90. The van der Waals surface area contributed by atoms with Gasteiger partial charge in [0.2, 0.25) is 0 Å². The molecule has 3 aromatic rings. The second kappa shape index (κ2) is 9.47. The van der Waals surface area contributed by atoms with Crippen LogP contribution in [0.1, 0.15) is 32.9 Å². The van der Waals surface area contributed by atoms with E-state index in [9.17, 15) is 4.79 Å². The molecule has 152 valence electrons. The summed E-state index contributed by atoms with van der Waals surface area (Å²) in [6.07, 6.45) is 0.696. The second-order valence-electron chi connectivity index (χ2n) is 6.59. The van der Waals surface area contributed by atoms with Gasteiger partial charge in [0.25, 0.3) is 5.91 Å². The minimum Gasteiger partial charge on any atom is -0.493 e. The third-order valence-electron chi connectivity index (χ3n) is 4.57. The van der Waals surface area contributed by atoms with Crippen LogP contribution in [0.3, 0.4) is 0 Å². The number of halogens is 1. The first kappa shape index (κ1) is 20.7. The average Bonchev–Trinajstić information content (AvgIpc) is 3.03. The molecule has 0 saturated carbocycles. The number of nitrogens with zero attached hydrogens (tertiary/aromatic N) is 1. The van der Waals surface area contributed by atoms with Crippen molar-refractivity contribution < 1.29 is 18.8 Å². The van der Waals surface area contributed by atoms with Crippen molar-refractivity contribution in [1.82, 2.24) is 10.5 Å². The molecule has 6 nitrogen and oxygen atoms in total. The van der Waals surface area contributed by atoms with E-state index in [-0.39, 0.29) is 5.91 Å². The van der Waals surface area contributed by atoms with Crippen LogP contribution in [-0.2, 0) is 13.0 Å². The number of hydrogen-bond acceptors (Lipinski definition) is 5. The van der Waals surface area contributed by atoms with Crippen molar-refractivity contribution in [2.45, 2.75) is 26.9 Å². The van der Waals surface area contributed by atoms with Crippen LogP contribution in [0, 0.1) is 13.8 Å². The molecule has 1 aromatic heterocycles. The fourth-order valence-corrected chi connectivity index (χ4v) is 3.11. The molecule has 0 aliphatic carbocycles. The average molecular weight is 415 g/mol. The first-order valence-electron chi connectivity index (χ1n) is 9.23. The van der Waals surface area contributed by atoms with Crippen LogP contribution in [0.4, 0.5) is 0 Å². The Morgan fingerprint density at radius 3 is 2.69 bits per heavy atom. The van der Waals surface area contributed by atoms with Gasteiger partial charge in [-0.15, -0.1) is 0 Å². The summed E-state index contributed by atoms with van der Waals surface area (Å²) in [4.78, 5) is 12.5. The quantitative estimate of drug-likeness (QED) is 0.587. The van der Waals surface area contributed by atoms with Crippen LogP contribution in [0.15, 0.2) is 47.0 Å². The number of aryl methyl sites for hydroxylation is 2. The summed E-state index contributed by atoms with van der Waals surface area (Å²) in [5.41, 5.74) is 3.25. The zero-order chi connectivity index (χ0) is 20.8. The first-order valence-corrected chi connectivity index (χ1v) is 9.61. The van der Waals surface area contributed by atoms with Crippen molar-refractivity contribution in [1.29, 1.82) is 0 Å². The second-order valence-corrected chi connectivity index (χ2v) is 7.03. The smallest absolute Gasteiger partial charge is 0.251 e. The molecular weight excluding hydrogens is 392 g/mol. The number of aromatic nitrogens is 1. The van der Waals surface area contributed by atoms with Gasteiger partial charge in [-0.2, -0.15) is 0 Å². The van der Waals surface area contributed by atoms with Crippen molar-refractivity contribution >= 4 is 17.5 Å². The number of nitrogens with one attached hydrogen (secondary N) is 1. The molecule has 7 heteroatoms. The number of carbonyl (C=O) groups excluding carboxylic acids is 1. The zero-order valence-corrected chi connectivity index (χ0v) is 17.4. The van der Waals surface area contributed by atoms with Gasteiger partial charge < -0.3 is 19.3 Å². The van der Waals surface area contributed by atoms with Gasteiger partial charge in [0, 0.05) is 17.1 Å². The summed E-state index contributed by atoms with van der Waals surface area (Å²) in [7, 11) is 1.54. The van der Waals surface area contributed by atoms with Crippen LogP contribution in [0.25, 0.3) is 0 Å². The number of benzene rings is 2. The molecule has 1 N–H and O–H groups in total. The molecule has 1 heterocycles. The number of amides is 1. The van der Waals surface area contributed by atoms with Gasteiger partial charge in [0.1, 0.15) is 12.4 Å². The Balaban J connectivity index is 1.60. The van der Waals surface area contributed by atoms with E-state index < -0.39 is 0 Å². The summed E-state index contributed by atoms with van der Waals surface area (Å²) in [5, 5.41) is 7.51. The Hall–Kier alpha value is -2.99. The van der Waals surface area contributed by atoms with E-state index in [1.54, 1.807) is 25.3 Å². The number of hydrogen-bond donors (Lipinski definition) is 1. The lowest BCUT2D eigenvalue weighted by Crippen LogP contribution is -2.25. The highest BCUT2D eigenvalue weighted by molar-refractivity contribution is 6.30. The molecule has 3 rings (SSSR count). The number of methoxy groups -OCH3 is 1. The lowest BCUT2D eigenvalue weighted by Gasteiger charge is -2.12. The molecule has 0 aliphatic heterocycles. The van der Waals surface area contributed by atoms with Crippen molar-refractivity contribution in [2.75, 3.05) is 13.7 Å². The monoisotopic (exact) mass is 414 g/mol. The summed E-state index contributed by atoms with van der Waals surface area (Å²) in [6.45, 7) is 4.52. The zero-order valence-electron chi connectivity index (χ0n) is 16.6. The van der Waals surface area contributed by atoms with Gasteiger partial charge in [-0.25, -0.2) is 0 Å². The molecule has 2 aromatic carbocycles. The maximum Gasteiger partial charge on any atom is 0.251 e. The highest BCUT2D eigenvalue weighted by Crippen LogP contribution is 2.29. The number of carbonyl (C=O) groups is 1. The number of ether oxygens (including phenoxy) is 2. The third kappa shape index (κ3) is 5.29. The molecule has 1 amide bonds. The van der Waals surface area contributed by atoms with Gasteiger partial charge in [-0.1, -0.05) is 28.9 Å². The predicted molar refractivity (Wildman–Crippen MR) is 111 cm³/mol. The largest absolute Gasteiger partial charge is 0.493 e. The number of rotatable bonds is 8. The molecular formula is C22H23ClN2O4. The van der Waals surface area contributed by atoms with E-state index in [1.807, 2.05) is 38.1 Å². The molecule has 0 radical (unpaired) electrons. The summed E-state index contributed by atoms with van der Waals surface area (Å²) in [6, 6.07) is 12.7. The molecule has 0 fully saturated rings. The SMILES string of the molecule is COc1cc(C(=O)NCCc2cccc(Cl)c2)ccc1OCc1c(C)noc1C. The molecule has 0 unspecified atom stereocenters. The minimum atomic E-state index is -0.178.